The summed E-state index contributed by atoms with van der Waals surface area (Å²) in [4.78, 5) is 14.3. The van der Waals surface area contributed by atoms with Crippen molar-refractivity contribution in [2.24, 2.45) is 10.2 Å². The fraction of sp³-hybridized carbons (Fsp3) is 0.548. The molecule has 0 radical (unpaired) electrons. The molecule has 3 N–H and O–H groups in total. The number of piperidine rings is 1. The number of sulfonamides is 1. The zero-order chi connectivity index (χ0) is 34.8. The Morgan fingerprint density at radius 2 is 1.74 bits per heavy atom. The van der Waals surface area contributed by atoms with Gasteiger partial charge in [0.05, 0.1) is 21.9 Å². The Bertz CT molecular complexity index is 1840. The zero-order valence-corrected chi connectivity index (χ0v) is 30.4. The maximum absolute atomic E-state index is 13.0. The largest absolute Gasteiger partial charge is 0.372 e. The van der Waals surface area contributed by atoms with E-state index in [0.29, 0.717) is 66.1 Å². The molecule has 0 saturated carbocycles. The number of nitrogens with one attached hydrogen (secondary N) is 2. The molecule has 1 fully saturated rings. The number of hydroxylamine groups is 2. The quantitative estimate of drug-likeness (QED) is 0.142. The summed E-state index contributed by atoms with van der Waals surface area (Å²) in [6, 6.07) is 9.82. The number of aromatic nitrogens is 1. The molecule has 0 atom stereocenters. The molecule has 2 heterocycles. The van der Waals surface area contributed by atoms with E-state index in [2.05, 4.69) is 29.5 Å². The summed E-state index contributed by atoms with van der Waals surface area (Å²) in [5, 5.41) is 24.4. The van der Waals surface area contributed by atoms with Gasteiger partial charge in [-0.3, -0.25) is 4.79 Å². The zero-order valence-electron chi connectivity index (χ0n) is 27.9. The minimum absolute atomic E-state index is 0.000840. The van der Waals surface area contributed by atoms with E-state index in [9.17, 15) is 26.8 Å². The lowest BCUT2D eigenvalue weighted by Gasteiger charge is -2.51. The minimum Gasteiger partial charge on any atom is -0.372 e. The van der Waals surface area contributed by atoms with E-state index in [1.165, 1.54) is 24.1 Å². The Hall–Kier alpha value is -3.02. The van der Waals surface area contributed by atoms with Crippen molar-refractivity contribution in [3.05, 3.63) is 36.4 Å². The summed E-state index contributed by atoms with van der Waals surface area (Å²) >= 11 is 1.09. The molecule has 1 aliphatic rings. The van der Waals surface area contributed by atoms with Crippen LogP contribution in [-0.4, -0.2) is 79.6 Å². The number of carbonyl (C=O) groups is 1. The third-order valence-electron chi connectivity index (χ3n) is 8.22. The third kappa shape index (κ3) is 9.32. The number of hydrogen-bond donors (Lipinski definition) is 3. The predicted octanol–water partition coefficient (Wildman–Crippen LogP) is 6.01. The van der Waals surface area contributed by atoms with Crippen LogP contribution in [0.1, 0.15) is 67.2 Å². The number of nitrogens with zero attached hydrogens (tertiary/aromatic N) is 5. The molecular weight excluding hydrogens is 663 g/mol. The highest BCUT2D eigenvalue weighted by Gasteiger charge is 2.45. The molecule has 13 nitrogen and oxygen atoms in total. The highest BCUT2D eigenvalue weighted by Crippen LogP contribution is 2.38. The van der Waals surface area contributed by atoms with Crippen LogP contribution >= 0.6 is 11.5 Å². The highest BCUT2D eigenvalue weighted by atomic mass is 32.2. The number of carbonyl (C=O) groups excluding carboxylic acids is 1. The number of sulfone groups is 1. The molecule has 1 aromatic heterocycles. The van der Waals surface area contributed by atoms with Crippen LogP contribution in [0.15, 0.2) is 51.5 Å². The van der Waals surface area contributed by atoms with Crippen molar-refractivity contribution in [2.75, 3.05) is 35.3 Å². The normalized spacial score (nSPS) is 17.4. The Morgan fingerprint density at radius 3 is 2.36 bits per heavy atom. The average molecular weight is 708 g/mol. The van der Waals surface area contributed by atoms with E-state index in [1.54, 1.807) is 18.2 Å². The topological polar surface area (TPSA) is 174 Å². The molecule has 0 unspecified atom stereocenters. The molecule has 1 amide bonds. The number of unbranched alkanes of at least 4 members (excludes halogenated alkanes) is 1. The van der Waals surface area contributed by atoms with Crippen LogP contribution in [0.2, 0.25) is 0 Å². The maximum atomic E-state index is 13.0. The number of hydrogen-bond acceptors (Lipinski definition) is 12. The average Bonchev–Trinajstić information content (AvgIpc) is 3.36. The number of benzene rings is 2. The van der Waals surface area contributed by atoms with Gasteiger partial charge in [-0.05, 0) is 108 Å². The molecule has 0 spiro atoms. The molecule has 47 heavy (non-hydrogen) atoms. The van der Waals surface area contributed by atoms with Gasteiger partial charge in [0.25, 0.3) is 0 Å². The molecule has 16 heteroatoms. The second-order valence-electron chi connectivity index (χ2n) is 13.3. The number of fused-ring (bicyclic) bond motifs is 1. The van der Waals surface area contributed by atoms with Crippen molar-refractivity contribution in [3.8, 4) is 0 Å². The van der Waals surface area contributed by atoms with Crippen LogP contribution in [0.3, 0.4) is 0 Å². The first kappa shape index (κ1) is 36.8. The van der Waals surface area contributed by atoms with Crippen molar-refractivity contribution >= 4 is 70.3 Å². The molecule has 1 aliphatic heterocycles. The van der Waals surface area contributed by atoms with E-state index in [0.717, 1.165) is 23.5 Å². The summed E-state index contributed by atoms with van der Waals surface area (Å²) in [5.41, 5.74) is 1.20. The fourth-order valence-electron chi connectivity index (χ4n) is 6.14. The van der Waals surface area contributed by atoms with Gasteiger partial charge >= 0.3 is 0 Å². The van der Waals surface area contributed by atoms with Gasteiger partial charge in [-0.15, -0.1) is 10.2 Å². The highest BCUT2D eigenvalue weighted by molar-refractivity contribution is 7.90. The SMILES string of the molecule is CCN(CCCCS(=O)(=O)NC1CC(C)(C)N(O)C(C)(C)C1)c1ccc(N=Nc2snc3ccc(S(C)(=O)=O)cc23)c(NC(C)=O)c1. The first-order valence-corrected chi connectivity index (χ1v) is 19.8. The molecule has 0 aliphatic carbocycles. The van der Waals surface area contributed by atoms with Gasteiger partial charge in [0.15, 0.2) is 14.8 Å². The number of amides is 1. The Balaban J connectivity index is 1.42. The fourth-order valence-corrected chi connectivity index (χ4v) is 8.85. The molecule has 0 bridgehead atoms. The van der Waals surface area contributed by atoms with Crippen LogP contribution in [0.5, 0.6) is 0 Å². The van der Waals surface area contributed by atoms with Gasteiger partial charge in [-0.25, -0.2) is 21.6 Å². The van der Waals surface area contributed by atoms with Crippen LogP contribution in [0, 0.1) is 0 Å². The second-order valence-corrected chi connectivity index (χ2v) is 17.9. The number of azo groups is 1. The summed E-state index contributed by atoms with van der Waals surface area (Å²) in [6.45, 7) is 12.3. The molecule has 4 rings (SSSR count). The number of anilines is 2. The lowest BCUT2D eigenvalue weighted by molar-refractivity contribution is -0.245. The van der Waals surface area contributed by atoms with Crippen molar-refractivity contribution < 1.29 is 26.8 Å². The molecule has 2 aromatic carbocycles. The van der Waals surface area contributed by atoms with Crippen LogP contribution in [0.4, 0.5) is 22.1 Å². The van der Waals surface area contributed by atoms with Gasteiger partial charge in [-0.2, -0.15) is 9.44 Å². The van der Waals surface area contributed by atoms with Crippen LogP contribution in [0.25, 0.3) is 10.9 Å². The summed E-state index contributed by atoms with van der Waals surface area (Å²) in [6.07, 6.45) is 3.25. The van der Waals surface area contributed by atoms with Gasteiger partial charge < -0.3 is 15.4 Å². The van der Waals surface area contributed by atoms with Crippen molar-refractivity contribution in [1.29, 1.82) is 0 Å². The molecule has 1 saturated heterocycles. The van der Waals surface area contributed by atoms with Crippen molar-refractivity contribution in [2.45, 2.75) is 89.2 Å². The van der Waals surface area contributed by atoms with E-state index in [4.69, 9.17) is 0 Å². The van der Waals surface area contributed by atoms with Gasteiger partial charge in [0, 0.05) is 54.5 Å². The molecule has 3 aromatic rings. The maximum Gasteiger partial charge on any atom is 0.221 e. The molecule has 258 valence electrons. The van der Waals surface area contributed by atoms with E-state index in [1.807, 2.05) is 40.7 Å². The van der Waals surface area contributed by atoms with E-state index >= 15 is 0 Å². The van der Waals surface area contributed by atoms with E-state index < -0.39 is 30.9 Å². The first-order valence-electron chi connectivity index (χ1n) is 15.5. The Morgan fingerprint density at radius 1 is 1.06 bits per heavy atom. The molecular formula is C31H45N7O6S3. The van der Waals surface area contributed by atoms with Gasteiger partial charge in [0.1, 0.15) is 5.69 Å². The predicted molar refractivity (Wildman–Crippen MR) is 187 cm³/mol. The lowest BCUT2D eigenvalue weighted by atomic mass is 9.79. The van der Waals surface area contributed by atoms with Crippen molar-refractivity contribution in [1.82, 2.24) is 14.2 Å². The monoisotopic (exact) mass is 707 g/mol. The van der Waals surface area contributed by atoms with Crippen LogP contribution in [-0.2, 0) is 24.7 Å². The smallest absolute Gasteiger partial charge is 0.221 e. The Labute approximate surface area is 281 Å². The first-order chi connectivity index (χ1) is 21.8. The Kier molecular flexibility index (Phi) is 11.1. The summed E-state index contributed by atoms with van der Waals surface area (Å²) in [5.74, 6) is -0.282. The van der Waals surface area contributed by atoms with Gasteiger partial charge in [0.2, 0.25) is 15.9 Å². The summed E-state index contributed by atoms with van der Waals surface area (Å²) in [7, 11) is -6.93. The summed E-state index contributed by atoms with van der Waals surface area (Å²) < 4.78 is 57.2. The van der Waals surface area contributed by atoms with Crippen LogP contribution < -0.4 is 14.9 Å². The van der Waals surface area contributed by atoms with E-state index in [-0.39, 0.29) is 22.6 Å². The lowest BCUT2D eigenvalue weighted by Crippen LogP contribution is -2.63. The second kappa shape index (κ2) is 14.2. The number of rotatable bonds is 13. The third-order valence-corrected chi connectivity index (χ3v) is 11.6. The standard InChI is InChI=1S/C31H45N7O6S3/c1-8-37(15-9-10-16-47(43,44)36-22-19-30(3,4)38(40)31(5,6)20-22)23-11-13-27(28(17-23)32-21(2)39)33-34-29-25-18-24(46(7,41)42)12-14-26(25)35-45-29/h11-14,17-18,22,36,40H,8-10,15-16,19-20H2,1-7H3,(H,32,39). The van der Waals surface area contributed by atoms with Gasteiger partial charge in [-0.1, -0.05) is 0 Å². The minimum atomic E-state index is -3.52. The van der Waals surface area contributed by atoms with Crippen molar-refractivity contribution in [3.63, 3.8) is 0 Å².